The Morgan fingerprint density at radius 1 is 0.436 bits per heavy atom. The minimum atomic E-state index is -0.892. The zero-order chi connectivity index (χ0) is 27.6. The van der Waals surface area contributed by atoms with Gasteiger partial charge in [0.05, 0.1) is 92.5 Å². The lowest BCUT2D eigenvalue weighted by molar-refractivity contribution is -0.139. The highest BCUT2D eigenvalue weighted by atomic mass is 16.6. The fourth-order valence-corrected chi connectivity index (χ4v) is 3.05. The van der Waals surface area contributed by atoms with Crippen molar-refractivity contribution in [2.24, 2.45) is 0 Å². The van der Waals surface area contributed by atoms with Gasteiger partial charge in [-0.25, -0.2) is 4.79 Å². The van der Waals surface area contributed by atoms with E-state index in [1.54, 1.807) is 30.3 Å². The van der Waals surface area contributed by atoms with Crippen LogP contribution in [0.1, 0.15) is 15.9 Å². The van der Waals surface area contributed by atoms with E-state index in [1.807, 2.05) is 30.3 Å². The van der Waals surface area contributed by atoms with Crippen molar-refractivity contribution in [3.05, 3.63) is 71.8 Å². The maximum Gasteiger partial charge on any atom is 0.379 e. The molecule has 0 saturated heterocycles. The van der Waals surface area contributed by atoms with Crippen LogP contribution in [0.15, 0.2) is 60.7 Å². The summed E-state index contributed by atoms with van der Waals surface area (Å²) < 4.78 is 43.0. The normalized spacial score (nSPS) is 11.0. The lowest BCUT2D eigenvalue weighted by Crippen LogP contribution is -2.20. The second-order valence-electron chi connectivity index (χ2n) is 8.04. The van der Waals surface area contributed by atoms with E-state index in [9.17, 15) is 9.59 Å². The predicted molar refractivity (Wildman–Crippen MR) is 143 cm³/mol. The fraction of sp³-hybridized carbons (Fsp3) is 0.517. The SMILES string of the molecule is O=C(OCCOCCOCCOCCOCCOCCOCCOCc1ccccc1)C(=O)c1ccccc1. The predicted octanol–water partition coefficient (Wildman–Crippen LogP) is 2.73. The Bertz CT molecular complexity index is 863. The van der Waals surface area contributed by atoms with Gasteiger partial charge in [0.1, 0.15) is 6.61 Å². The Balaban J connectivity index is 1.22. The third-order valence-electron chi connectivity index (χ3n) is 5.03. The Hall–Kier alpha value is -2.70. The van der Waals surface area contributed by atoms with Gasteiger partial charge in [-0.2, -0.15) is 0 Å². The Morgan fingerprint density at radius 3 is 1.23 bits per heavy atom. The standard InChI is InChI=1S/C29H40O10/c30-28(27-9-5-2-6-10-27)29(31)39-24-23-37-20-19-35-16-15-33-12-11-32-13-14-34-17-18-36-21-22-38-25-26-7-3-1-4-8-26/h1-10H,11-25H2. The molecule has 0 heterocycles. The lowest BCUT2D eigenvalue weighted by Gasteiger charge is -2.08. The number of hydrogen-bond donors (Lipinski definition) is 0. The number of benzene rings is 2. The highest BCUT2D eigenvalue weighted by Crippen LogP contribution is 2.02. The fourth-order valence-electron chi connectivity index (χ4n) is 3.05. The molecule has 0 fully saturated rings. The molecule has 0 N–H and O–H groups in total. The highest BCUT2D eigenvalue weighted by molar-refractivity contribution is 6.40. The summed E-state index contributed by atoms with van der Waals surface area (Å²) in [6, 6.07) is 18.3. The topological polar surface area (TPSA) is 108 Å². The molecule has 0 radical (unpaired) electrons. The molecule has 39 heavy (non-hydrogen) atoms. The average Bonchev–Trinajstić information content (AvgIpc) is 2.98. The van der Waals surface area contributed by atoms with Crippen molar-refractivity contribution in [1.82, 2.24) is 0 Å². The van der Waals surface area contributed by atoms with Crippen molar-refractivity contribution < 1.29 is 47.5 Å². The van der Waals surface area contributed by atoms with Crippen LogP contribution in [-0.2, 0) is 49.3 Å². The van der Waals surface area contributed by atoms with E-state index in [2.05, 4.69) is 0 Å². The van der Waals surface area contributed by atoms with Gasteiger partial charge >= 0.3 is 5.97 Å². The maximum absolute atomic E-state index is 11.9. The van der Waals surface area contributed by atoms with Crippen LogP contribution in [0.25, 0.3) is 0 Å². The number of carbonyl (C=O) groups is 2. The summed E-state index contributed by atoms with van der Waals surface area (Å²) in [5.41, 5.74) is 1.45. The second-order valence-corrected chi connectivity index (χ2v) is 8.04. The molecule has 0 amide bonds. The molecule has 0 aliphatic heterocycles. The van der Waals surface area contributed by atoms with Gasteiger partial charge in [0, 0.05) is 5.56 Å². The van der Waals surface area contributed by atoms with Crippen molar-refractivity contribution >= 4 is 11.8 Å². The number of ketones is 1. The highest BCUT2D eigenvalue weighted by Gasteiger charge is 2.17. The molecule has 0 atom stereocenters. The third kappa shape index (κ3) is 17.5. The molecule has 0 aliphatic carbocycles. The molecule has 0 unspecified atom stereocenters. The number of rotatable bonds is 25. The van der Waals surface area contributed by atoms with Crippen LogP contribution in [0.4, 0.5) is 0 Å². The zero-order valence-electron chi connectivity index (χ0n) is 22.5. The molecule has 0 saturated carbocycles. The molecule has 10 nitrogen and oxygen atoms in total. The summed E-state index contributed by atoms with van der Waals surface area (Å²) in [6.45, 7) is 6.47. The molecule has 0 aromatic heterocycles. The minimum absolute atomic E-state index is 0.00430. The summed E-state index contributed by atoms with van der Waals surface area (Å²) in [7, 11) is 0. The molecule has 10 heteroatoms. The quantitative estimate of drug-likeness (QED) is 0.0795. The number of Topliss-reactive ketones (excluding diaryl/α,β-unsaturated/α-hetero) is 1. The molecule has 0 spiro atoms. The van der Waals surface area contributed by atoms with Gasteiger partial charge in [-0.1, -0.05) is 60.7 Å². The molecule has 2 aromatic rings. The van der Waals surface area contributed by atoms with E-state index < -0.39 is 11.8 Å². The van der Waals surface area contributed by atoms with Crippen molar-refractivity contribution in [3.8, 4) is 0 Å². The summed E-state index contributed by atoms with van der Waals surface area (Å²) >= 11 is 0. The Morgan fingerprint density at radius 2 is 0.795 bits per heavy atom. The van der Waals surface area contributed by atoms with Gasteiger partial charge in [-0.15, -0.1) is 0 Å². The first kappa shape index (κ1) is 32.5. The van der Waals surface area contributed by atoms with Crippen molar-refractivity contribution in [2.45, 2.75) is 6.61 Å². The van der Waals surface area contributed by atoms with Crippen LogP contribution in [0.2, 0.25) is 0 Å². The first-order valence-corrected chi connectivity index (χ1v) is 13.1. The molecular weight excluding hydrogens is 508 g/mol. The van der Waals surface area contributed by atoms with Gasteiger partial charge in [0.25, 0.3) is 5.78 Å². The van der Waals surface area contributed by atoms with Crippen molar-refractivity contribution in [3.63, 3.8) is 0 Å². The van der Waals surface area contributed by atoms with Gasteiger partial charge in [0.15, 0.2) is 0 Å². The first-order valence-electron chi connectivity index (χ1n) is 13.1. The van der Waals surface area contributed by atoms with E-state index in [-0.39, 0.29) is 13.2 Å². The van der Waals surface area contributed by atoms with E-state index >= 15 is 0 Å². The van der Waals surface area contributed by atoms with Gasteiger partial charge in [-0.3, -0.25) is 4.79 Å². The molecular formula is C29H40O10. The molecule has 216 valence electrons. The van der Waals surface area contributed by atoms with Crippen LogP contribution in [-0.4, -0.2) is 104 Å². The Labute approximate surface area is 230 Å². The smallest absolute Gasteiger partial charge is 0.379 e. The monoisotopic (exact) mass is 548 g/mol. The van der Waals surface area contributed by atoms with Crippen LogP contribution in [0, 0.1) is 0 Å². The number of ether oxygens (including phenoxy) is 8. The van der Waals surface area contributed by atoms with Gasteiger partial charge < -0.3 is 37.9 Å². The first-order chi connectivity index (χ1) is 19.3. The molecule has 2 rings (SSSR count). The largest absolute Gasteiger partial charge is 0.457 e. The number of hydrogen-bond acceptors (Lipinski definition) is 10. The molecule has 2 aromatic carbocycles. The minimum Gasteiger partial charge on any atom is -0.457 e. The van der Waals surface area contributed by atoms with Crippen LogP contribution in [0.5, 0.6) is 0 Å². The number of esters is 1. The van der Waals surface area contributed by atoms with Crippen molar-refractivity contribution in [1.29, 1.82) is 0 Å². The summed E-state index contributed by atoms with van der Waals surface area (Å²) in [4.78, 5) is 23.6. The summed E-state index contributed by atoms with van der Waals surface area (Å²) in [6.07, 6.45) is 0. The van der Waals surface area contributed by atoms with E-state index in [0.717, 1.165) is 5.56 Å². The average molecular weight is 549 g/mol. The third-order valence-corrected chi connectivity index (χ3v) is 5.03. The maximum atomic E-state index is 11.9. The molecule has 0 bridgehead atoms. The Kier molecular flexibility index (Phi) is 19.3. The second kappa shape index (κ2) is 23.2. The van der Waals surface area contributed by atoms with Crippen LogP contribution in [0.3, 0.4) is 0 Å². The lowest BCUT2D eigenvalue weighted by atomic mass is 10.1. The van der Waals surface area contributed by atoms with E-state index in [1.165, 1.54) is 0 Å². The van der Waals surface area contributed by atoms with E-state index in [0.29, 0.717) is 91.5 Å². The van der Waals surface area contributed by atoms with Crippen LogP contribution < -0.4 is 0 Å². The zero-order valence-corrected chi connectivity index (χ0v) is 22.5. The summed E-state index contributed by atoms with van der Waals surface area (Å²) in [5, 5.41) is 0. The van der Waals surface area contributed by atoms with Crippen molar-refractivity contribution in [2.75, 3.05) is 92.5 Å². The molecule has 0 aliphatic rings. The number of carbonyl (C=O) groups excluding carboxylic acids is 2. The summed E-state index contributed by atoms with van der Waals surface area (Å²) in [5.74, 6) is -1.56. The van der Waals surface area contributed by atoms with Gasteiger partial charge in [0.2, 0.25) is 0 Å². The van der Waals surface area contributed by atoms with Gasteiger partial charge in [-0.05, 0) is 5.56 Å². The van der Waals surface area contributed by atoms with E-state index in [4.69, 9.17) is 37.9 Å². The van der Waals surface area contributed by atoms with Crippen LogP contribution >= 0.6 is 0 Å².